The SMILES string of the molecule is CSc1ccc(F)cc1.NCCCN1CCC(F)(F)C1. The lowest BCUT2D eigenvalue weighted by atomic mass is 10.3. The van der Waals surface area contributed by atoms with Crippen molar-refractivity contribution in [2.45, 2.75) is 23.7 Å². The third-order valence-corrected chi connectivity index (χ3v) is 3.72. The summed E-state index contributed by atoms with van der Waals surface area (Å²) < 4.78 is 37.3. The summed E-state index contributed by atoms with van der Waals surface area (Å²) in [6.07, 6.45) is 2.79. The molecule has 114 valence electrons. The van der Waals surface area contributed by atoms with E-state index in [0.29, 0.717) is 19.6 Å². The van der Waals surface area contributed by atoms with Gasteiger partial charge in [-0.3, -0.25) is 4.90 Å². The van der Waals surface area contributed by atoms with Crippen molar-refractivity contribution in [1.29, 1.82) is 0 Å². The minimum Gasteiger partial charge on any atom is -0.330 e. The third kappa shape index (κ3) is 6.63. The molecule has 2 nitrogen and oxygen atoms in total. The molecular formula is C14H21F3N2S. The zero-order chi connectivity index (χ0) is 15.0. The Kier molecular flexibility index (Phi) is 7.40. The minimum atomic E-state index is -2.45. The fourth-order valence-corrected chi connectivity index (χ4v) is 2.29. The van der Waals surface area contributed by atoms with Gasteiger partial charge < -0.3 is 5.73 Å². The average Bonchev–Trinajstić information content (AvgIpc) is 2.78. The second-order valence-electron chi connectivity index (χ2n) is 4.68. The highest BCUT2D eigenvalue weighted by molar-refractivity contribution is 7.98. The van der Waals surface area contributed by atoms with Gasteiger partial charge in [0.05, 0.1) is 6.54 Å². The number of nitrogens with two attached hydrogens (primary N) is 1. The molecule has 0 saturated carbocycles. The van der Waals surface area contributed by atoms with Gasteiger partial charge >= 0.3 is 0 Å². The Morgan fingerprint density at radius 3 is 2.40 bits per heavy atom. The number of rotatable bonds is 4. The van der Waals surface area contributed by atoms with Crippen LogP contribution in [0.5, 0.6) is 0 Å². The summed E-state index contributed by atoms with van der Waals surface area (Å²) in [5, 5.41) is 0. The Labute approximate surface area is 122 Å². The van der Waals surface area contributed by atoms with Crippen LogP contribution < -0.4 is 5.73 Å². The van der Waals surface area contributed by atoms with Crippen LogP contribution in [0, 0.1) is 5.82 Å². The summed E-state index contributed by atoms with van der Waals surface area (Å²) in [7, 11) is 0. The standard InChI is InChI=1S/C7H14F2N2.C7H7FS/c8-7(9)2-5-11(6-7)4-1-3-10;1-9-7-4-2-6(8)3-5-7/h1-6,10H2;2-5H,1H3. The first-order valence-corrected chi connectivity index (χ1v) is 7.79. The van der Waals surface area contributed by atoms with Crippen LogP contribution in [0.4, 0.5) is 13.2 Å². The summed E-state index contributed by atoms with van der Waals surface area (Å²) in [5.74, 6) is -2.62. The molecule has 0 aliphatic carbocycles. The molecule has 2 rings (SSSR count). The summed E-state index contributed by atoms with van der Waals surface area (Å²) in [4.78, 5) is 2.86. The Balaban J connectivity index is 0.000000204. The molecule has 0 atom stereocenters. The molecule has 2 N–H and O–H groups in total. The molecule has 1 aliphatic rings. The molecule has 1 saturated heterocycles. The van der Waals surface area contributed by atoms with Gasteiger partial charge in [0.15, 0.2) is 0 Å². The maximum absolute atomic E-state index is 12.5. The molecule has 0 bridgehead atoms. The lowest BCUT2D eigenvalue weighted by Crippen LogP contribution is -2.27. The quantitative estimate of drug-likeness (QED) is 0.866. The Hall–Kier alpha value is -0.720. The van der Waals surface area contributed by atoms with Crippen molar-refractivity contribution >= 4 is 11.8 Å². The predicted octanol–water partition coefficient (Wildman–Crippen LogP) is 3.22. The van der Waals surface area contributed by atoms with Crippen molar-refractivity contribution in [1.82, 2.24) is 4.90 Å². The lowest BCUT2D eigenvalue weighted by molar-refractivity contribution is 0.0122. The zero-order valence-electron chi connectivity index (χ0n) is 11.6. The fraction of sp³-hybridized carbons (Fsp3) is 0.571. The Morgan fingerprint density at radius 2 is 1.95 bits per heavy atom. The molecule has 6 heteroatoms. The van der Waals surface area contributed by atoms with Crippen molar-refractivity contribution in [2.24, 2.45) is 5.73 Å². The monoisotopic (exact) mass is 306 g/mol. The third-order valence-electron chi connectivity index (χ3n) is 2.98. The Bertz CT molecular complexity index is 385. The van der Waals surface area contributed by atoms with Crippen LogP contribution >= 0.6 is 11.8 Å². The van der Waals surface area contributed by atoms with Crippen molar-refractivity contribution in [2.75, 3.05) is 32.4 Å². The van der Waals surface area contributed by atoms with Crippen molar-refractivity contribution in [3.63, 3.8) is 0 Å². The van der Waals surface area contributed by atoms with E-state index < -0.39 is 5.92 Å². The van der Waals surface area contributed by atoms with Crippen LogP contribution in [0.2, 0.25) is 0 Å². The van der Waals surface area contributed by atoms with Crippen molar-refractivity contribution in [3.05, 3.63) is 30.1 Å². The molecule has 0 aromatic heterocycles. The minimum absolute atomic E-state index is 0.0115. The molecule has 1 heterocycles. The van der Waals surface area contributed by atoms with E-state index in [1.165, 1.54) is 12.1 Å². The lowest BCUT2D eigenvalue weighted by Gasteiger charge is -2.13. The van der Waals surface area contributed by atoms with E-state index >= 15 is 0 Å². The van der Waals surface area contributed by atoms with Gasteiger partial charge in [-0.15, -0.1) is 11.8 Å². The van der Waals surface area contributed by atoms with Gasteiger partial charge in [-0.1, -0.05) is 0 Å². The number of hydrogen-bond donors (Lipinski definition) is 1. The van der Waals surface area contributed by atoms with Crippen LogP contribution in [0.15, 0.2) is 29.2 Å². The molecule has 1 aromatic rings. The summed E-state index contributed by atoms with van der Waals surface area (Å²) in [6.45, 7) is 1.74. The van der Waals surface area contributed by atoms with E-state index in [4.69, 9.17) is 5.73 Å². The maximum Gasteiger partial charge on any atom is 0.261 e. The second kappa shape index (κ2) is 8.54. The Morgan fingerprint density at radius 1 is 1.30 bits per heavy atom. The number of thioether (sulfide) groups is 1. The first-order valence-electron chi connectivity index (χ1n) is 6.56. The van der Waals surface area contributed by atoms with Gasteiger partial charge in [-0.05, 0) is 50.0 Å². The summed E-state index contributed by atoms with van der Waals surface area (Å²) in [5.41, 5.74) is 5.26. The number of halogens is 3. The molecular weight excluding hydrogens is 285 g/mol. The topological polar surface area (TPSA) is 29.3 Å². The molecule has 0 radical (unpaired) electrons. The molecule has 0 spiro atoms. The number of benzene rings is 1. The summed E-state index contributed by atoms with van der Waals surface area (Å²) in [6, 6.07) is 6.46. The second-order valence-corrected chi connectivity index (χ2v) is 5.56. The first kappa shape index (κ1) is 17.3. The van der Waals surface area contributed by atoms with E-state index in [9.17, 15) is 13.2 Å². The van der Waals surface area contributed by atoms with Gasteiger partial charge in [0, 0.05) is 17.9 Å². The molecule has 0 amide bonds. The highest BCUT2D eigenvalue weighted by Gasteiger charge is 2.37. The number of likely N-dealkylation sites (tertiary alicyclic amines) is 1. The molecule has 1 fully saturated rings. The van der Waals surface area contributed by atoms with Crippen molar-refractivity contribution < 1.29 is 13.2 Å². The van der Waals surface area contributed by atoms with Crippen LogP contribution in [-0.2, 0) is 0 Å². The van der Waals surface area contributed by atoms with Crippen LogP contribution in [-0.4, -0.2) is 43.3 Å². The molecule has 20 heavy (non-hydrogen) atoms. The predicted molar refractivity (Wildman–Crippen MR) is 77.9 cm³/mol. The van der Waals surface area contributed by atoms with Crippen LogP contribution in [0.25, 0.3) is 0 Å². The molecule has 1 aliphatic heterocycles. The normalized spacial score (nSPS) is 17.6. The maximum atomic E-state index is 12.5. The fourth-order valence-electron chi connectivity index (χ4n) is 1.88. The highest BCUT2D eigenvalue weighted by Crippen LogP contribution is 2.26. The van der Waals surface area contributed by atoms with Crippen LogP contribution in [0.1, 0.15) is 12.8 Å². The van der Waals surface area contributed by atoms with Gasteiger partial charge in [0.2, 0.25) is 0 Å². The highest BCUT2D eigenvalue weighted by atomic mass is 32.2. The average molecular weight is 306 g/mol. The van der Waals surface area contributed by atoms with Gasteiger partial charge in [0.1, 0.15) is 5.82 Å². The summed E-state index contributed by atoms with van der Waals surface area (Å²) >= 11 is 1.61. The smallest absolute Gasteiger partial charge is 0.261 e. The van der Waals surface area contributed by atoms with E-state index in [-0.39, 0.29) is 18.8 Å². The number of alkyl halides is 2. The van der Waals surface area contributed by atoms with E-state index in [1.807, 2.05) is 6.26 Å². The van der Waals surface area contributed by atoms with Gasteiger partial charge in [-0.25, -0.2) is 13.2 Å². The van der Waals surface area contributed by atoms with Crippen LogP contribution in [0.3, 0.4) is 0 Å². The first-order chi connectivity index (χ1) is 9.46. The molecule has 1 aromatic carbocycles. The van der Waals surface area contributed by atoms with E-state index in [1.54, 1.807) is 28.8 Å². The largest absolute Gasteiger partial charge is 0.330 e. The molecule has 0 unspecified atom stereocenters. The van der Waals surface area contributed by atoms with E-state index in [0.717, 1.165) is 11.3 Å². The number of hydrogen-bond acceptors (Lipinski definition) is 3. The number of nitrogens with zero attached hydrogens (tertiary/aromatic N) is 1. The van der Waals surface area contributed by atoms with Gasteiger partial charge in [-0.2, -0.15) is 0 Å². The van der Waals surface area contributed by atoms with Crippen molar-refractivity contribution in [3.8, 4) is 0 Å². The van der Waals surface area contributed by atoms with Gasteiger partial charge in [0.25, 0.3) is 5.92 Å². The zero-order valence-corrected chi connectivity index (χ0v) is 12.4. The van der Waals surface area contributed by atoms with E-state index in [2.05, 4.69) is 0 Å².